The van der Waals surface area contributed by atoms with Crippen LogP contribution in [0.5, 0.6) is 11.5 Å². The molecule has 7 nitrogen and oxygen atoms in total. The second-order valence-corrected chi connectivity index (χ2v) is 7.69. The fraction of sp³-hybridized carbons (Fsp3) is 0.125. The van der Waals surface area contributed by atoms with Crippen LogP contribution in [0.2, 0.25) is 0 Å². The third-order valence-electron chi connectivity index (χ3n) is 4.86. The molecule has 3 aromatic carbocycles. The molecule has 8 heteroatoms. The molecular weight excluding hydrogens is 424 g/mol. The maximum absolute atomic E-state index is 9.54. The Morgan fingerprint density at radius 1 is 0.906 bits per heavy atom. The highest BCUT2D eigenvalue weighted by atomic mass is 32.2. The zero-order valence-electron chi connectivity index (χ0n) is 17.7. The van der Waals surface area contributed by atoms with Crippen LogP contribution in [0, 0.1) is 0 Å². The highest BCUT2D eigenvalue weighted by Gasteiger charge is 2.19. The summed E-state index contributed by atoms with van der Waals surface area (Å²) in [5.41, 5.74) is 3.18. The molecule has 0 spiro atoms. The van der Waals surface area contributed by atoms with E-state index < -0.39 is 0 Å². The molecular formula is C24H22N4O3S. The molecule has 0 saturated heterocycles. The van der Waals surface area contributed by atoms with Crippen molar-refractivity contribution in [3.63, 3.8) is 0 Å². The minimum atomic E-state index is 0.428. The molecule has 0 saturated carbocycles. The van der Waals surface area contributed by atoms with Gasteiger partial charge >= 0.3 is 0 Å². The zero-order chi connectivity index (χ0) is 22.3. The number of ether oxygens (including phenoxy) is 2. The predicted octanol–water partition coefficient (Wildman–Crippen LogP) is 4.92. The van der Waals surface area contributed by atoms with Gasteiger partial charge in [-0.25, -0.2) is 0 Å². The normalized spacial score (nSPS) is 11.4. The summed E-state index contributed by atoms with van der Waals surface area (Å²) in [7, 11) is 3.20. The summed E-state index contributed by atoms with van der Waals surface area (Å²) >= 11 is 1.45. The summed E-state index contributed by atoms with van der Waals surface area (Å²) in [6.45, 7) is 0. The molecule has 0 fully saturated rings. The van der Waals surface area contributed by atoms with Crippen molar-refractivity contribution in [1.82, 2.24) is 14.8 Å². The van der Waals surface area contributed by atoms with E-state index in [0.29, 0.717) is 33.9 Å². The predicted molar refractivity (Wildman–Crippen MR) is 125 cm³/mol. The molecule has 0 aliphatic heterocycles. The molecule has 0 amide bonds. The van der Waals surface area contributed by atoms with Gasteiger partial charge in [0.1, 0.15) is 0 Å². The Balaban J connectivity index is 1.72. The van der Waals surface area contributed by atoms with Crippen molar-refractivity contribution in [1.29, 1.82) is 0 Å². The summed E-state index contributed by atoms with van der Waals surface area (Å²) in [6, 6.07) is 25.1. The van der Waals surface area contributed by atoms with E-state index in [1.165, 1.54) is 11.8 Å². The average molecular weight is 447 g/mol. The van der Waals surface area contributed by atoms with Gasteiger partial charge in [-0.1, -0.05) is 65.4 Å². The van der Waals surface area contributed by atoms with Crippen LogP contribution in [0.3, 0.4) is 0 Å². The molecule has 0 atom stereocenters. The molecule has 1 heterocycles. The number of rotatable bonds is 8. The number of hydrogen-bond acceptors (Lipinski definition) is 7. The molecule has 1 aromatic heterocycles. The van der Waals surface area contributed by atoms with Gasteiger partial charge in [0.05, 0.1) is 19.9 Å². The highest BCUT2D eigenvalue weighted by Crippen LogP contribution is 2.34. The molecule has 32 heavy (non-hydrogen) atoms. The number of oxime groups is 1. The minimum Gasteiger partial charge on any atom is -0.493 e. The molecule has 0 aliphatic rings. The van der Waals surface area contributed by atoms with Crippen molar-refractivity contribution in [2.45, 2.75) is 5.16 Å². The number of aromatic nitrogens is 3. The minimum absolute atomic E-state index is 0.428. The Hall–Kier alpha value is -3.78. The second kappa shape index (κ2) is 10.0. The molecule has 4 rings (SSSR count). The Morgan fingerprint density at radius 2 is 1.59 bits per heavy atom. The van der Waals surface area contributed by atoms with Gasteiger partial charge in [0.15, 0.2) is 22.5 Å². The van der Waals surface area contributed by atoms with E-state index in [9.17, 15) is 5.21 Å². The number of methoxy groups -OCH3 is 2. The second-order valence-electron chi connectivity index (χ2n) is 6.75. The fourth-order valence-corrected chi connectivity index (χ4v) is 4.18. The summed E-state index contributed by atoms with van der Waals surface area (Å²) in [5, 5.41) is 22.6. The van der Waals surface area contributed by atoms with Gasteiger partial charge in [-0.15, -0.1) is 10.2 Å². The van der Waals surface area contributed by atoms with E-state index in [-0.39, 0.29) is 0 Å². The Bertz CT molecular complexity index is 1210. The van der Waals surface area contributed by atoms with Gasteiger partial charge < -0.3 is 14.7 Å². The Morgan fingerprint density at radius 3 is 2.25 bits per heavy atom. The van der Waals surface area contributed by atoms with E-state index in [2.05, 4.69) is 15.4 Å². The van der Waals surface area contributed by atoms with E-state index in [4.69, 9.17) is 9.47 Å². The molecule has 0 bridgehead atoms. The van der Waals surface area contributed by atoms with Crippen LogP contribution in [0.4, 0.5) is 0 Å². The SMILES string of the molecule is COc1ccc(-c2nnc(SC/C(=N/O)c3ccccc3)n2-c2ccccc2)cc1OC. The van der Waals surface area contributed by atoms with Gasteiger partial charge in [0.25, 0.3) is 0 Å². The van der Waals surface area contributed by atoms with E-state index >= 15 is 0 Å². The van der Waals surface area contributed by atoms with Crippen molar-refractivity contribution in [3.8, 4) is 28.6 Å². The van der Waals surface area contributed by atoms with E-state index in [0.717, 1.165) is 16.8 Å². The van der Waals surface area contributed by atoms with Crippen LogP contribution in [-0.2, 0) is 0 Å². The van der Waals surface area contributed by atoms with Gasteiger partial charge in [0.2, 0.25) is 0 Å². The van der Waals surface area contributed by atoms with Crippen LogP contribution in [0.25, 0.3) is 17.1 Å². The number of hydrogen-bond donors (Lipinski definition) is 1. The topological polar surface area (TPSA) is 81.8 Å². The molecule has 0 radical (unpaired) electrons. The van der Waals surface area contributed by atoms with E-state index in [1.54, 1.807) is 14.2 Å². The molecule has 0 unspecified atom stereocenters. The lowest BCUT2D eigenvalue weighted by molar-refractivity contribution is 0.319. The van der Waals surface area contributed by atoms with E-state index in [1.807, 2.05) is 83.4 Å². The lowest BCUT2D eigenvalue weighted by Crippen LogP contribution is -2.06. The maximum Gasteiger partial charge on any atom is 0.196 e. The van der Waals surface area contributed by atoms with Crippen LogP contribution in [-0.4, -0.2) is 45.7 Å². The number of para-hydroxylation sites is 1. The summed E-state index contributed by atoms with van der Waals surface area (Å²) < 4.78 is 12.8. The molecule has 0 aliphatic carbocycles. The largest absolute Gasteiger partial charge is 0.493 e. The monoisotopic (exact) mass is 446 g/mol. The first kappa shape index (κ1) is 21.5. The summed E-state index contributed by atoms with van der Waals surface area (Å²) in [6.07, 6.45) is 0. The quantitative estimate of drug-likeness (QED) is 0.179. The maximum atomic E-state index is 9.54. The fourth-order valence-electron chi connectivity index (χ4n) is 3.27. The Kier molecular flexibility index (Phi) is 6.72. The van der Waals surface area contributed by atoms with Crippen LogP contribution < -0.4 is 9.47 Å². The van der Waals surface area contributed by atoms with Crippen molar-refractivity contribution >= 4 is 17.5 Å². The third kappa shape index (κ3) is 4.45. The van der Waals surface area contributed by atoms with Gasteiger partial charge in [-0.2, -0.15) is 0 Å². The average Bonchev–Trinajstić information content (AvgIpc) is 3.29. The Labute approximate surface area is 190 Å². The zero-order valence-corrected chi connectivity index (χ0v) is 18.5. The summed E-state index contributed by atoms with van der Waals surface area (Å²) in [5.74, 6) is 2.35. The van der Waals surface area contributed by atoms with Crippen molar-refractivity contribution in [2.24, 2.45) is 5.16 Å². The van der Waals surface area contributed by atoms with Gasteiger partial charge in [0, 0.05) is 22.6 Å². The van der Waals surface area contributed by atoms with Crippen molar-refractivity contribution in [3.05, 3.63) is 84.4 Å². The summed E-state index contributed by atoms with van der Waals surface area (Å²) in [4.78, 5) is 0. The lowest BCUT2D eigenvalue weighted by atomic mass is 10.1. The van der Waals surface area contributed by atoms with Crippen molar-refractivity contribution < 1.29 is 14.7 Å². The number of nitrogens with zero attached hydrogens (tertiary/aromatic N) is 4. The first-order chi connectivity index (χ1) is 15.7. The standard InChI is InChI=1S/C24H22N4O3S/c1-30-21-14-13-18(15-22(21)31-2)23-25-26-24(28(23)19-11-7-4-8-12-19)32-16-20(27-29)17-9-5-3-6-10-17/h3-15,29H,16H2,1-2H3/b27-20-. The molecule has 162 valence electrons. The number of thioether (sulfide) groups is 1. The lowest BCUT2D eigenvalue weighted by Gasteiger charge is -2.12. The first-order valence-electron chi connectivity index (χ1n) is 9.87. The highest BCUT2D eigenvalue weighted by molar-refractivity contribution is 7.99. The van der Waals surface area contributed by atoms with Crippen LogP contribution in [0.15, 0.2) is 89.2 Å². The number of benzene rings is 3. The van der Waals surface area contributed by atoms with Crippen molar-refractivity contribution in [2.75, 3.05) is 20.0 Å². The van der Waals surface area contributed by atoms with Crippen LogP contribution >= 0.6 is 11.8 Å². The van der Waals surface area contributed by atoms with Gasteiger partial charge in [-0.3, -0.25) is 4.57 Å². The van der Waals surface area contributed by atoms with Gasteiger partial charge in [-0.05, 0) is 30.3 Å². The third-order valence-corrected chi connectivity index (χ3v) is 5.80. The first-order valence-corrected chi connectivity index (χ1v) is 10.9. The molecule has 4 aromatic rings. The smallest absolute Gasteiger partial charge is 0.196 e. The molecule has 1 N–H and O–H groups in total. The van der Waals surface area contributed by atoms with Crippen LogP contribution in [0.1, 0.15) is 5.56 Å².